The van der Waals surface area contributed by atoms with Gasteiger partial charge in [0.15, 0.2) is 0 Å². The Labute approximate surface area is 101 Å². The van der Waals surface area contributed by atoms with Gasteiger partial charge in [0, 0.05) is 6.54 Å². The normalized spacial score (nSPS) is 14.7. The Bertz CT molecular complexity index is 557. The minimum Gasteiger partial charge on any atom is -0.312 e. The van der Waals surface area contributed by atoms with Crippen LogP contribution in [0.2, 0.25) is 0 Å². The highest BCUT2D eigenvalue weighted by atomic mass is 15.3. The van der Waals surface area contributed by atoms with E-state index in [9.17, 15) is 0 Å². The molecule has 1 aromatic heterocycles. The van der Waals surface area contributed by atoms with Gasteiger partial charge in [0.05, 0.1) is 5.69 Å². The molecule has 17 heavy (non-hydrogen) atoms. The summed E-state index contributed by atoms with van der Waals surface area (Å²) in [4.78, 5) is 4.37. The van der Waals surface area contributed by atoms with Crippen LogP contribution < -0.4 is 5.32 Å². The quantitative estimate of drug-likeness (QED) is 0.805. The summed E-state index contributed by atoms with van der Waals surface area (Å²) in [5, 5.41) is 7.88. The Kier molecular flexibility index (Phi) is 2.44. The van der Waals surface area contributed by atoms with Crippen LogP contribution in [-0.4, -0.2) is 21.3 Å². The first-order chi connectivity index (χ1) is 8.25. The SMILES string of the molecule is Cc1nc(C)n(-c2cccc3c2CNCC3)n1. The number of hydrogen-bond donors (Lipinski definition) is 1. The maximum Gasteiger partial charge on any atom is 0.148 e. The van der Waals surface area contributed by atoms with Crippen LogP contribution in [0.3, 0.4) is 0 Å². The third kappa shape index (κ3) is 1.74. The van der Waals surface area contributed by atoms with Crippen molar-refractivity contribution in [3.05, 3.63) is 41.0 Å². The molecule has 0 saturated heterocycles. The van der Waals surface area contributed by atoms with Crippen LogP contribution in [0.1, 0.15) is 22.8 Å². The number of benzene rings is 1. The summed E-state index contributed by atoms with van der Waals surface area (Å²) in [5.74, 6) is 1.77. The Morgan fingerprint density at radius 1 is 1.29 bits per heavy atom. The zero-order valence-electron chi connectivity index (χ0n) is 10.2. The minimum absolute atomic E-state index is 0.823. The van der Waals surface area contributed by atoms with E-state index in [1.807, 2.05) is 18.5 Å². The van der Waals surface area contributed by atoms with Gasteiger partial charge in [0.1, 0.15) is 11.6 Å². The summed E-state index contributed by atoms with van der Waals surface area (Å²) in [6.07, 6.45) is 1.09. The predicted molar refractivity (Wildman–Crippen MR) is 66.2 cm³/mol. The molecule has 0 saturated carbocycles. The number of aryl methyl sites for hydroxylation is 2. The molecule has 1 aromatic carbocycles. The molecular formula is C13H16N4. The lowest BCUT2D eigenvalue weighted by molar-refractivity contribution is 0.635. The second-order valence-electron chi connectivity index (χ2n) is 4.46. The van der Waals surface area contributed by atoms with E-state index in [-0.39, 0.29) is 0 Å². The fourth-order valence-electron chi connectivity index (χ4n) is 2.44. The largest absolute Gasteiger partial charge is 0.312 e. The molecule has 4 heteroatoms. The molecule has 3 rings (SSSR count). The summed E-state index contributed by atoms with van der Waals surface area (Å²) in [5.41, 5.74) is 3.94. The first-order valence-electron chi connectivity index (χ1n) is 5.98. The molecule has 1 aliphatic rings. The van der Waals surface area contributed by atoms with Gasteiger partial charge in [-0.2, -0.15) is 5.10 Å². The lowest BCUT2D eigenvalue weighted by atomic mass is 9.99. The molecule has 0 unspecified atom stereocenters. The van der Waals surface area contributed by atoms with Crippen LogP contribution in [-0.2, 0) is 13.0 Å². The van der Waals surface area contributed by atoms with Crippen molar-refractivity contribution in [3.63, 3.8) is 0 Å². The molecule has 4 nitrogen and oxygen atoms in total. The smallest absolute Gasteiger partial charge is 0.148 e. The predicted octanol–water partition coefficient (Wildman–Crippen LogP) is 1.53. The summed E-state index contributed by atoms with van der Waals surface area (Å²) in [6, 6.07) is 6.43. The van der Waals surface area contributed by atoms with Crippen molar-refractivity contribution in [1.29, 1.82) is 0 Å². The molecule has 0 bridgehead atoms. The molecule has 0 radical (unpaired) electrons. The van der Waals surface area contributed by atoms with E-state index in [4.69, 9.17) is 0 Å². The fourth-order valence-corrected chi connectivity index (χ4v) is 2.44. The topological polar surface area (TPSA) is 42.7 Å². The van der Waals surface area contributed by atoms with Crippen molar-refractivity contribution in [2.45, 2.75) is 26.8 Å². The molecule has 0 spiro atoms. The van der Waals surface area contributed by atoms with Gasteiger partial charge in [0.2, 0.25) is 0 Å². The lowest BCUT2D eigenvalue weighted by Crippen LogP contribution is -2.25. The monoisotopic (exact) mass is 228 g/mol. The average Bonchev–Trinajstić information content (AvgIpc) is 2.68. The van der Waals surface area contributed by atoms with Crippen molar-refractivity contribution < 1.29 is 0 Å². The molecule has 88 valence electrons. The molecule has 0 aliphatic carbocycles. The molecule has 1 N–H and O–H groups in total. The van der Waals surface area contributed by atoms with E-state index in [2.05, 4.69) is 33.6 Å². The number of fused-ring (bicyclic) bond motifs is 1. The summed E-state index contributed by atoms with van der Waals surface area (Å²) >= 11 is 0. The molecule has 0 fully saturated rings. The highest BCUT2D eigenvalue weighted by molar-refractivity contribution is 5.47. The second kappa shape index (κ2) is 3.96. The standard InChI is InChI=1S/C13H16N4/c1-9-15-10(2)17(16-9)13-5-3-4-11-6-7-14-8-12(11)13/h3-5,14H,6-8H2,1-2H3. The minimum atomic E-state index is 0.823. The van der Waals surface area contributed by atoms with E-state index < -0.39 is 0 Å². The maximum atomic E-state index is 4.47. The number of rotatable bonds is 1. The van der Waals surface area contributed by atoms with Crippen LogP contribution >= 0.6 is 0 Å². The van der Waals surface area contributed by atoms with Gasteiger partial charge in [-0.1, -0.05) is 12.1 Å². The fraction of sp³-hybridized carbons (Fsp3) is 0.385. The Hall–Kier alpha value is -1.68. The van der Waals surface area contributed by atoms with Crippen LogP contribution in [0, 0.1) is 13.8 Å². The van der Waals surface area contributed by atoms with Crippen molar-refractivity contribution in [3.8, 4) is 5.69 Å². The molecule has 0 atom stereocenters. The first kappa shape index (κ1) is 10.5. The Morgan fingerprint density at radius 2 is 2.18 bits per heavy atom. The van der Waals surface area contributed by atoms with Gasteiger partial charge < -0.3 is 5.32 Å². The number of nitrogens with zero attached hydrogens (tertiary/aromatic N) is 3. The maximum absolute atomic E-state index is 4.47. The summed E-state index contributed by atoms with van der Waals surface area (Å²) in [6.45, 7) is 5.91. The third-order valence-corrected chi connectivity index (χ3v) is 3.22. The van der Waals surface area contributed by atoms with Gasteiger partial charge in [-0.25, -0.2) is 9.67 Å². The van der Waals surface area contributed by atoms with Gasteiger partial charge in [-0.05, 0) is 44.0 Å². The average molecular weight is 228 g/mol. The highest BCUT2D eigenvalue weighted by Gasteiger charge is 2.15. The number of aromatic nitrogens is 3. The van der Waals surface area contributed by atoms with Gasteiger partial charge >= 0.3 is 0 Å². The van der Waals surface area contributed by atoms with Crippen molar-refractivity contribution >= 4 is 0 Å². The molecule has 1 aliphatic heterocycles. The zero-order valence-corrected chi connectivity index (χ0v) is 10.2. The molecule has 2 aromatic rings. The van der Waals surface area contributed by atoms with Crippen LogP contribution in [0.25, 0.3) is 5.69 Å². The first-order valence-corrected chi connectivity index (χ1v) is 5.98. The Balaban J connectivity index is 2.17. The van der Waals surface area contributed by atoms with Crippen LogP contribution in [0.4, 0.5) is 0 Å². The van der Waals surface area contributed by atoms with E-state index in [1.54, 1.807) is 0 Å². The van der Waals surface area contributed by atoms with Crippen molar-refractivity contribution in [2.75, 3.05) is 6.54 Å². The van der Waals surface area contributed by atoms with Gasteiger partial charge in [-0.15, -0.1) is 0 Å². The zero-order chi connectivity index (χ0) is 11.8. The van der Waals surface area contributed by atoms with Gasteiger partial charge in [0.25, 0.3) is 0 Å². The van der Waals surface area contributed by atoms with Crippen molar-refractivity contribution in [2.24, 2.45) is 0 Å². The Morgan fingerprint density at radius 3 is 2.94 bits per heavy atom. The summed E-state index contributed by atoms with van der Waals surface area (Å²) in [7, 11) is 0. The van der Waals surface area contributed by atoms with E-state index in [1.165, 1.54) is 11.1 Å². The van der Waals surface area contributed by atoms with Crippen LogP contribution in [0.15, 0.2) is 18.2 Å². The molecular weight excluding hydrogens is 212 g/mol. The van der Waals surface area contributed by atoms with E-state index in [0.717, 1.165) is 36.8 Å². The van der Waals surface area contributed by atoms with Gasteiger partial charge in [-0.3, -0.25) is 0 Å². The van der Waals surface area contributed by atoms with E-state index in [0.29, 0.717) is 0 Å². The number of hydrogen-bond acceptors (Lipinski definition) is 3. The van der Waals surface area contributed by atoms with Crippen LogP contribution in [0.5, 0.6) is 0 Å². The van der Waals surface area contributed by atoms with E-state index >= 15 is 0 Å². The summed E-state index contributed by atoms with van der Waals surface area (Å²) < 4.78 is 1.95. The molecule has 2 heterocycles. The third-order valence-electron chi connectivity index (χ3n) is 3.22. The lowest BCUT2D eigenvalue weighted by Gasteiger charge is -2.20. The second-order valence-corrected chi connectivity index (χ2v) is 4.46. The van der Waals surface area contributed by atoms with Crippen molar-refractivity contribution in [1.82, 2.24) is 20.1 Å². The number of nitrogens with one attached hydrogen (secondary N) is 1. The highest BCUT2D eigenvalue weighted by Crippen LogP contribution is 2.22. The molecule has 0 amide bonds.